The van der Waals surface area contributed by atoms with E-state index in [2.05, 4.69) is 5.32 Å². The summed E-state index contributed by atoms with van der Waals surface area (Å²) < 4.78 is 33.2. The van der Waals surface area contributed by atoms with Crippen LogP contribution in [0, 0.1) is 6.92 Å². The van der Waals surface area contributed by atoms with Crippen molar-refractivity contribution >= 4 is 67.1 Å². The molecule has 11 heteroatoms. The normalized spacial score (nSPS) is 13.1. The fraction of sp³-hybridized carbons (Fsp3) is 0.280. The third kappa shape index (κ3) is 5.54. The van der Waals surface area contributed by atoms with Gasteiger partial charge in [-0.15, -0.1) is 11.3 Å². The Morgan fingerprint density at radius 2 is 1.69 bits per heavy atom. The van der Waals surface area contributed by atoms with E-state index in [9.17, 15) is 18.0 Å². The number of anilines is 2. The van der Waals surface area contributed by atoms with E-state index in [1.54, 1.807) is 12.1 Å². The number of benzene rings is 2. The number of nitrogens with zero attached hydrogens (tertiary/aromatic N) is 1. The van der Waals surface area contributed by atoms with Crippen LogP contribution < -0.4 is 9.62 Å². The fourth-order valence-electron chi connectivity index (χ4n) is 4.10. The maximum atomic E-state index is 13.6. The van der Waals surface area contributed by atoms with Gasteiger partial charge in [0.1, 0.15) is 11.5 Å². The van der Waals surface area contributed by atoms with Gasteiger partial charge in [0.2, 0.25) is 5.91 Å². The molecule has 0 fully saturated rings. The van der Waals surface area contributed by atoms with Crippen LogP contribution in [-0.2, 0) is 32.4 Å². The number of halogens is 2. The first kappa shape index (κ1) is 26.5. The zero-order chi connectivity index (χ0) is 26.0. The average Bonchev–Trinajstić information content (AvgIpc) is 3.19. The van der Waals surface area contributed by atoms with Gasteiger partial charge in [-0.25, -0.2) is 13.2 Å². The number of carbonyl (C=O) groups excluding carboxylic acids is 2. The molecule has 0 spiro atoms. The van der Waals surface area contributed by atoms with Crippen LogP contribution in [0.25, 0.3) is 0 Å². The predicted molar refractivity (Wildman–Crippen MR) is 143 cm³/mol. The van der Waals surface area contributed by atoms with Crippen LogP contribution in [0.15, 0.2) is 47.4 Å². The second-order valence-electron chi connectivity index (χ2n) is 8.41. The summed E-state index contributed by atoms with van der Waals surface area (Å²) in [5, 5.41) is 3.55. The Balaban J connectivity index is 1.70. The van der Waals surface area contributed by atoms with Crippen molar-refractivity contribution in [3.8, 4) is 0 Å². The van der Waals surface area contributed by atoms with Gasteiger partial charge in [0.05, 0.1) is 23.3 Å². The fourth-order valence-corrected chi connectivity index (χ4v) is 7.32. The quantitative estimate of drug-likeness (QED) is 0.361. The van der Waals surface area contributed by atoms with Crippen molar-refractivity contribution in [3.63, 3.8) is 0 Å². The van der Waals surface area contributed by atoms with Crippen molar-refractivity contribution in [3.05, 3.63) is 74.1 Å². The number of nitrogens with one attached hydrogen (secondary N) is 1. The van der Waals surface area contributed by atoms with E-state index in [0.29, 0.717) is 10.6 Å². The summed E-state index contributed by atoms with van der Waals surface area (Å²) in [6.45, 7) is 1.29. The molecule has 1 heterocycles. The summed E-state index contributed by atoms with van der Waals surface area (Å²) in [5.74, 6) is -1.15. The summed E-state index contributed by atoms with van der Waals surface area (Å²) in [5.41, 5.74) is 2.26. The van der Waals surface area contributed by atoms with Crippen molar-refractivity contribution in [2.24, 2.45) is 0 Å². The summed E-state index contributed by atoms with van der Waals surface area (Å²) >= 11 is 13.6. The third-order valence-electron chi connectivity index (χ3n) is 5.85. The number of sulfonamides is 1. The van der Waals surface area contributed by atoms with Gasteiger partial charge < -0.3 is 10.1 Å². The first-order valence-electron chi connectivity index (χ1n) is 11.2. The van der Waals surface area contributed by atoms with Crippen LogP contribution in [0.5, 0.6) is 0 Å². The molecule has 3 aromatic rings. The molecule has 1 aliphatic rings. The first-order valence-corrected chi connectivity index (χ1v) is 14.2. The van der Waals surface area contributed by atoms with Gasteiger partial charge >= 0.3 is 5.97 Å². The number of carbonyl (C=O) groups is 2. The van der Waals surface area contributed by atoms with Crippen molar-refractivity contribution < 1.29 is 22.7 Å². The Hall–Kier alpha value is -2.59. The van der Waals surface area contributed by atoms with Gasteiger partial charge in [-0.05, 0) is 68.5 Å². The zero-order valence-corrected chi connectivity index (χ0v) is 22.8. The second kappa shape index (κ2) is 10.8. The SMILES string of the molecule is COC(=O)c1c(NC(=O)CN(c2cc(Cl)cc(Cl)c2)S(=O)(=O)c2ccc(C)cc2)sc2c1CCCC2. The third-order valence-corrected chi connectivity index (χ3v) is 9.28. The standard InChI is InChI=1S/C25H24Cl2N2O5S2/c1-15-7-9-19(10-8-15)36(32,33)29(18-12-16(26)11-17(27)13-18)14-22(30)28-24-23(25(31)34-2)20-5-3-4-6-21(20)35-24/h7-13H,3-6,14H2,1-2H3,(H,28,30). The van der Waals surface area contributed by atoms with E-state index in [4.69, 9.17) is 27.9 Å². The van der Waals surface area contributed by atoms with Crippen molar-refractivity contribution in [1.82, 2.24) is 0 Å². The Bertz CT molecular complexity index is 1400. The average molecular weight is 568 g/mol. The maximum Gasteiger partial charge on any atom is 0.341 e. The van der Waals surface area contributed by atoms with Gasteiger partial charge in [0.25, 0.3) is 10.0 Å². The van der Waals surface area contributed by atoms with Gasteiger partial charge in [0, 0.05) is 14.9 Å². The van der Waals surface area contributed by atoms with Crippen LogP contribution >= 0.6 is 34.5 Å². The molecule has 0 radical (unpaired) electrons. The van der Waals surface area contributed by atoms with E-state index in [0.717, 1.165) is 46.0 Å². The highest BCUT2D eigenvalue weighted by atomic mass is 35.5. The Labute approximate surface area is 224 Å². The number of esters is 1. The van der Waals surface area contributed by atoms with Gasteiger partial charge in [0.15, 0.2) is 0 Å². The van der Waals surface area contributed by atoms with E-state index in [1.165, 1.54) is 48.8 Å². The van der Waals surface area contributed by atoms with Gasteiger partial charge in [-0.2, -0.15) is 0 Å². The Kier molecular flexibility index (Phi) is 7.94. The molecular weight excluding hydrogens is 543 g/mol. The Morgan fingerprint density at radius 1 is 1.06 bits per heavy atom. The number of fused-ring (bicyclic) bond motifs is 1. The van der Waals surface area contributed by atoms with E-state index in [-0.39, 0.29) is 20.6 Å². The van der Waals surface area contributed by atoms with Crippen LogP contribution in [0.4, 0.5) is 10.7 Å². The van der Waals surface area contributed by atoms with E-state index < -0.39 is 28.4 Å². The molecule has 0 saturated heterocycles. The minimum atomic E-state index is -4.16. The molecule has 1 amide bonds. The molecule has 4 rings (SSSR count). The molecule has 1 aromatic heterocycles. The van der Waals surface area contributed by atoms with E-state index in [1.807, 2.05) is 6.92 Å². The van der Waals surface area contributed by atoms with E-state index >= 15 is 0 Å². The smallest absolute Gasteiger partial charge is 0.341 e. The van der Waals surface area contributed by atoms with Crippen molar-refractivity contribution in [2.75, 3.05) is 23.3 Å². The lowest BCUT2D eigenvalue weighted by Crippen LogP contribution is -2.38. The van der Waals surface area contributed by atoms with Crippen LogP contribution in [0.2, 0.25) is 10.0 Å². The number of hydrogen-bond acceptors (Lipinski definition) is 6. The molecule has 0 aliphatic heterocycles. The molecule has 0 bridgehead atoms. The van der Waals surface area contributed by atoms with Crippen molar-refractivity contribution in [1.29, 1.82) is 0 Å². The summed E-state index contributed by atoms with van der Waals surface area (Å²) in [7, 11) is -2.87. The zero-order valence-electron chi connectivity index (χ0n) is 19.6. The lowest BCUT2D eigenvalue weighted by Gasteiger charge is -2.24. The monoisotopic (exact) mass is 566 g/mol. The number of hydrogen-bond donors (Lipinski definition) is 1. The molecule has 7 nitrogen and oxygen atoms in total. The molecule has 36 heavy (non-hydrogen) atoms. The lowest BCUT2D eigenvalue weighted by molar-refractivity contribution is -0.114. The minimum Gasteiger partial charge on any atom is -0.465 e. The molecule has 1 aliphatic carbocycles. The second-order valence-corrected chi connectivity index (χ2v) is 12.2. The van der Waals surface area contributed by atoms with Crippen LogP contribution in [0.1, 0.15) is 39.2 Å². The molecular formula is C25H24Cl2N2O5S2. The number of thiophene rings is 1. The molecule has 0 saturated carbocycles. The van der Waals surface area contributed by atoms with Gasteiger partial charge in [-0.1, -0.05) is 40.9 Å². The number of rotatable bonds is 7. The molecule has 2 aromatic carbocycles. The van der Waals surface area contributed by atoms with Crippen LogP contribution in [0.3, 0.4) is 0 Å². The predicted octanol–water partition coefficient (Wildman–Crippen LogP) is 5.86. The van der Waals surface area contributed by atoms with Crippen molar-refractivity contribution in [2.45, 2.75) is 37.5 Å². The highest BCUT2D eigenvalue weighted by Crippen LogP contribution is 2.39. The molecule has 190 valence electrons. The summed E-state index contributed by atoms with van der Waals surface area (Å²) in [4.78, 5) is 26.8. The summed E-state index contributed by atoms with van der Waals surface area (Å²) in [6.07, 6.45) is 3.48. The topological polar surface area (TPSA) is 92.8 Å². The van der Waals surface area contributed by atoms with Crippen LogP contribution in [-0.4, -0.2) is 33.9 Å². The summed E-state index contributed by atoms with van der Waals surface area (Å²) in [6, 6.07) is 10.6. The lowest BCUT2D eigenvalue weighted by atomic mass is 9.95. The molecule has 0 atom stereocenters. The Morgan fingerprint density at radius 3 is 2.33 bits per heavy atom. The molecule has 1 N–H and O–H groups in total. The van der Waals surface area contributed by atoms with Gasteiger partial charge in [-0.3, -0.25) is 9.10 Å². The number of methoxy groups -OCH3 is 1. The highest BCUT2D eigenvalue weighted by Gasteiger charge is 2.30. The highest BCUT2D eigenvalue weighted by molar-refractivity contribution is 7.92. The number of amides is 1. The molecule has 0 unspecified atom stereocenters. The largest absolute Gasteiger partial charge is 0.465 e. The first-order chi connectivity index (χ1) is 17.1. The number of ether oxygens (including phenoxy) is 1. The minimum absolute atomic E-state index is 0.0128. The maximum absolute atomic E-state index is 13.6. The number of aryl methyl sites for hydroxylation is 2.